The Labute approximate surface area is 121 Å². The maximum atomic E-state index is 5.21. The third kappa shape index (κ3) is 4.76. The molecule has 2 aromatic rings. The zero-order valence-electron chi connectivity index (χ0n) is 11.2. The van der Waals surface area contributed by atoms with Gasteiger partial charge < -0.3 is 9.84 Å². The SMILES string of the molecule is CC(C)CNCc1nc(Cc2ccc(Br)cc2)no1. The molecule has 0 atom stereocenters. The van der Waals surface area contributed by atoms with Crippen molar-refractivity contribution in [1.82, 2.24) is 15.5 Å². The molecule has 19 heavy (non-hydrogen) atoms. The number of benzene rings is 1. The van der Waals surface area contributed by atoms with E-state index in [2.05, 4.69) is 57.4 Å². The molecule has 0 saturated heterocycles. The first-order valence-electron chi connectivity index (χ1n) is 6.40. The highest BCUT2D eigenvalue weighted by molar-refractivity contribution is 9.10. The van der Waals surface area contributed by atoms with Crippen molar-refractivity contribution >= 4 is 15.9 Å². The van der Waals surface area contributed by atoms with Gasteiger partial charge in [0.1, 0.15) is 0 Å². The lowest BCUT2D eigenvalue weighted by molar-refractivity contribution is 0.360. The Morgan fingerprint density at radius 3 is 2.68 bits per heavy atom. The molecule has 0 aliphatic rings. The predicted octanol–water partition coefficient (Wildman–Crippen LogP) is 3.17. The van der Waals surface area contributed by atoms with Gasteiger partial charge in [0.25, 0.3) is 0 Å². The van der Waals surface area contributed by atoms with Crippen molar-refractivity contribution in [1.29, 1.82) is 0 Å². The molecule has 0 aliphatic carbocycles. The summed E-state index contributed by atoms with van der Waals surface area (Å²) in [4.78, 5) is 4.37. The van der Waals surface area contributed by atoms with E-state index in [0.29, 0.717) is 24.8 Å². The molecule has 0 aliphatic heterocycles. The van der Waals surface area contributed by atoms with Crippen LogP contribution in [-0.2, 0) is 13.0 Å². The van der Waals surface area contributed by atoms with E-state index >= 15 is 0 Å². The Kier molecular flexibility index (Phi) is 5.10. The van der Waals surface area contributed by atoms with Gasteiger partial charge in [-0.25, -0.2) is 0 Å². The van der Waals surface area contributed by atoms with E-state index in [1.54, 1.807) is 0 Å². The van der Waals surface area contributed by atoms with Crippen molar-refractivity contribution in [3.05, 3.63) is 46.0 Å². The summed E-state index contributed by atoms with van der Waals surface area (Å²) in [5, 5.41) is 7.28. The first-order valence-corrected chi connectivity index (χ1v) is 7.19. The number of hydrogen-bond acceptors (Lipinski definition) is 4. The molecule has 4 nitrogen and oxygen atoms in total. The predicted molar refractivity (Wildman–Crippen MR) is 77.8 cm³/mol. The molecule has 1 N–H and O–H groups in total. The third-order valence-electron chi connectivity index (χ3n) is 2.61. The molecule has 0 radical (unpaired) electrons. The quantitative estimate of drug-likeness (QED) is 0.887. The summed E-state index contributed by atoms with van der Waals surface area (Å²) >= 11 is 3.42. The second kappa shape index (κ2) is 6.82. The largest absolute Gasteiger partial charge is 0.338 e. The maximum Gasteiger partial charge on any atom is 0.240 e. The average molecular weight is 324 g/mol. The highest BCUT2D eigenvalue weighted by atomic mass is 79.9. The zero-order chi connectivity index (χ0) is 13.7. The van der Waals surface area contributed by atoms with E-state index in [1.165, 1.54) is 5.56 Å². The first-order chi connectivity index (χ1) is 9.13. The number of nitrogens with one attached hydrogen (secondary N) is 1. The topological polar surface area (TPSA) is 51.0 Å². The standard InChI is InChI=1S/C14H18BrN3O/c1-10(2)8-16-9-14-17-13(18-19-14)7-11-3-5-12(15)6-4-11/h3-6,10,16H,7-9H2,1-2H3. The van der Waals surface area contributed by atoms with Crippen LogP contribution in [0.3, 0.4) is 0 Å². The summed E-state index contributed by atoms with van der Waals surface area (Å²) in [6.45, 7) is 5.91. The molecule has 0 saturated carbocycles. The second-order valence-corrected chi connectivity index (χ2v) is 5.85. The fraction of sp³-hybridized carbons (Fsp3) is 0.429. The maximum absolute atomic E-state index is 5.21. The molecular weight excluding hydrogens is 306 g/mol. The van der Waals surface area contributed by atoms with Crippen LogP contribution < -0.4 is 5.32 Å². The molecule has 102 valence electrons. The van der Waals surface area contributed by atoms with Crippen LogP contribution in [0.5, 0.6) is 0 Å². The summed E-state index contributed by atoms with van der Waals surface area (Å²) in [5.41, 5.74) is 1.17. The lowest BCUT2D eigenvalue weighted by atomic mass is 10.1. The second-order valence-electron chi connectivity index (χ2n) is 4.93. The van der Waals surface area contributed by atoms with Crippen LogP contribution in [0.25, 0.3) is 0 Å². The van der Waals surface area contributed by atoms with Crippen molar-refractivity contribution in [2.75, 3.05) is 6.54 Å². The van der Waals surface area contributed by atoms with E-state index in [9.17, 15) is 0 Å². The van der Waals surface area contributed by atoms with Crippen molar-refractivity contribution in [3.8, 4) is 0 Å². The van der Waals surface area contributed by atoms with Gasteiger partial charge in [0.2, 0.25) is 5.89 Å². The molecule has 0 unspecified atom stereocenters. The molecule has 5 heteroatoms. The van der Waals surface area contributed by atoms with Gasteiger partial charge in [-0.1, -0.05) is 47.1 Å². The van der Waals surface area contributed by atoms with Crippen LogP contribution in [0.15, 0.2) is 33.3 Å². The number of nitrogens with zero attached hydrogens (tertiary/aromatic N) is 2. The minimum atomic E-state index is 0.616. The molecule has 1 aromatic heterocycles. The Balaban J connectivity index is 1.88. The van der Waals surface area contributed by atoms with Crippen LogP contribution in [0, 0.1) is 5.92 Å². The Hall–Kier alpha value is -1.20. The van der Waals surface area contributed by atoms with Crippen molar-refractivity contribution < 1.29 is 4.52 Å². The number of rotatable bonds is 6. The molecule has 0 spiro atoms. The van der Waals surface area contributed by atoms with Gasteiger partial charge >= 0.3 is 0 Å². The minimum absolute atomic E-state index is 0.616. The normalized spacial score (nSPS) is 11.2. The number of hydrogen-bond donors (Lipinski definition) is 1. The summed E-state index contributed by atoms with van der Waals surface area (Å²) in [5.74, 6) is 1.99. The Bertz CT molecular complexity index is 508. The lowest BCUT2D eigenvalue weighted by Crippen LogP contribution is -2.19. The molecule has 1 heterocycles. The fourth-order valence-corrected chi connectivity index (χ4v) is 1.95. The summed E-state index contributed by atoms with van der Waals surface area (Å²) in [6.07, 6.45) is 0.695. The van der Waals surface area contributed by atoms with E-state index in [0.717, 1.165) is 16.8 Å². The molecule has 0 amide bonds. The lowest BCUT2D eigenvalue weighted by Gasteiger charge is -2.03. The molecule has 2 rings (SSSR count). The molecule has 0 fully saturated rings. The average Bonchev–Trinajstić information content (AvgIpc) is 2.79. The van der Waals surface area contributed by atoms with E-state index in [1.807, 2.05) is 12.1 Å². The van der Waals surface area contributed by atoms with Crippen LogP contribution >= 0.6 is 15.9 Å². The van der Waals surface area contributed by atoms with Crippen molar-refractivity contribution in [3.63, 3.8) is 0 Å². The van der Waals surface area contributed by atoms with Gasteiger partial charge in [-0.05, 0) is 30.2 Å². The van der Waals surface area contributed by atoms with Crippen LogP contribution in [0.4, 0.5) is 0 Å². The molecular formula is C14H18BrN3O. The van der Waals surface area contributed by atoms with Crippen LogP contribution in [0.2, 0.25) is 0 Å². The summed E-state index contributed by atoms with van der Waals surface area (Å²) in [7, 11) is 0. The fourth-order valence-electron chi connectivity index (χ4n) is 1.69. The third-order valence-corrected chi connectivity index (χ3v) is 3.14. The molecule has 0 bridgehead atoms. The van der Waals surface area contributed by atoms with E-state index in [4.69, 9.17) is 4.52 Å². The van der Waals surface area contributed by atoms with Gasteiger partial charge in [0.15, 0.2) is 5.82 Å². The molecule has 1 aromatic carbocycles. The number of halogens is 1. The van der Waals surface area contributed by atoms with Gasteiger partial charge in [-0.15, -0.1) is 0 Å². The Morgan fingerprint density at radius 2 is 2.00 bits per heavy atom. The monoisotopic (exact) mass is 323 g/mol. The van der Waals surface area contributed by atoms with Gasteiger partial charge in [-0.3, -0.25) is 0 Å². The van der Waals surface area contributed by atoms with Crippen LogP contribution in [-0.4, -0.2) is 16.7 Å². The van der Waals surface area contributed by atoms with Crippen molar-refractivity contribution in [2.24, 2.45) is 5.92 Å². The highest BCUT2D eigenvalue weighted by Gasteiger charge is 2.07. The zero-order valence-corrected chi connectivity index (χ0v) is 12.8. The van der Waals surface area contributed by atoms with Crippen LogP contribution in [0.1, 0.15) is 31.1 Å². The van der Waals surface area contributed by atoms with Gasteiger partial charge in [0, 0.05) is 10.9 Å². The number of aromatic nitrogens is 2. The first kappa shape index (κ1) is 14.2. The van der Waals surface area contributed by atoms with E-state index < -0.39 is 0 Å². The highest BCUT2D eigenvalue weighted by Crippen LogP contribution is 2.13. The van der Waals surface area contributed by atoms with Crippen molar-refractivity contribution in [2.45, 2.75) is 26.8 Å². The van der Waals surface area contributed by atoms with E-state index in [-0.39, 0.29) is 0 Å². The summed E-state index contributed by atoms with van der Waals surface area (Å²) in [6, 6.07) is 8.13. The van der Waals surface area contributed by atoms with Gasteiger partial charge in [0.05, 0.1) is 6.54 Å². The van der Waals surface area contributed by atoms with Gasteiger partial charge in [-0.2, -0.15) is 4.98 Å². The minimum Gasteiger partial charge on any atom is -0.338 e. The Morgan fingerprint density at radius 1 is 1.26 bits per heavy atom. The smallest absolute Gasteiger partial charge is 0.240 e. The summed E-state index contributed by atoms with van der Waals surface area (Å²) < 4.78 is 6.28.